The van der Waals surface area contributed by atoms with Gasteiger partial charge in [-0.1, -0.05) is 18.2 Å². The number of benzene rings is 1. The summed E-state index contributed by atoms with van der Waals surface area (Å²) in [6.45, 7) is 0. The summed E-state index contributed by atoms with van der Waals surface area (Å²) in [6, 6.07) is 9.75. The zero-order valence-electron chi connectivity index (χ0n) is 11.9. The molecule has 5 heteroatoms. The van der Waals surface area contributed by atoms with E-state index in [1.54, 1.807) is 16.7 Å². The fourth-order valence-corrected chi connectivity index (χ4v) is 2.74. The van der Waals surface area contributed by atoms with Crippen molar-refractivity contribution in [3.63, 3.8) is 0 Å². The van der Waals surface area contributed by atoms with Gasteiger partial charge in [-0.15, -0.1) is 11.3 Å². The van der Waals surface area contributed by atoms with E-state index in [1.807, 2.05) is 43.8 Å². The van der Waals surface area contributed by atoms with Gasteiger partial charge in [0.1, 0.15) is 0 Å². The first-order valence-electron chi connectivity index (χ1n) is 6.56. The molecule has 106 valence electrons. The smallest absolute Gasteiger partial charge is 0.259 e. The zero-order chi connectivity index (χ0) is 14.8. The highest BCUT2D eigenvalue weighted by Gasteiger charge is 2.00. The van der Waals surface area contributed by atoms with E-state index in [0.717, 1.165) is 11.3 Å². The summed E-state index contributed by atoms with van der Waals surface area (Å²) in [5.41, 5.74) is 2.86. The molecule has 21 heavy (non-hydrogen) atoms. The average Bonchev–Trinajstić information content (AvgIpc) is 2.94. The third-order valence-corrected chi connectivity index (χ3v) is 3.94. The van der Waals surface area contributed by atoms with Crippen molar-refractivity contribution in [3.8, 4) is 0 Å². The lowest BCUT2D eigenvalue weighted by Crippen LogP contribution is -2.11. The van der Waals surface area contributed by atoms with Gasteiger partial charge in [-0.25, -0.2) is 4.98 Å². The van der Waals surface area contributed by atoms with Crippen LogP contribution in [0.3, 0.4) is 0 Å². The minimum atomic E-state index is -0.0520. The third kappa shape index (κ3) is 2.87. The number of fused-ring (bicyclic) bond motifs is 1. The molecule has 0 bridgehead atoms. The SMILES string of the molecule is CN(C)c1ccc(C=Cc2cc(=O)n3ccsc3n2)cc1. The van der Waals surface area contributed by atoms with E-state index < -0.39 is 0 Å². The Morgan fingerprint density at radius 2 is 1.95 bits per heavy atom. The van der Waals surface area contributed by atoms with Crippen LogP contribution in [0.25, 0.3) is 17.1 Å². The van der Waals surface area contributed by atoms with Crippen molar-refractivity contribution in [1.29, 1.82) is 0 Å². The predicted octanol–water partition coefficient (Wildman–Crippen LogP) is 2.99. The lowest BCUT2D eigenvalue weighted by atomic mass is 10.2. The van der Waals surface area contributed by atoms with E-state index >= 15 is 0 Å². The van der Waals surface area contributed by atoms with Crippen molar-refractivity contribution in [3.05, 3.63) is 63.5 Å². The predicted molar refractivity (Wildman–Crippen MR) is 89.0 cm³/mol. The van der Waals surface area contributed by atoms with Crippen LogP contribution in [0, 0.1) is 0 Å². The Morgan fingerprint density at radius 1 is 1.19 bits per heavy atom. The summed E-state index contributed by atoms with van der Waals surface area (Å²) in [7, 11) is 4.02. The van der Waals surface area contributed by atoms with Crippen molar-refractivity contribution in [2.75, 3.05) is 19.0 Å². The highest BCUT2D eigenvalue weighted by molar-refractivity contribution is 7.15. The van der Waals surface area contributed by atoms with Crippen LogP contribution in [0.2, 0.25) is 0 Å². The fourth-order valence-electron chi connectivity index (χ4n) is 2.01. The van der Waals surface area contributed by atoms with Crippen LogP contribution < -0.4 is 10.5 Å². The second kappa shape index (κ2) is 5.54. The van der Waals surface area contributed by atoms with Gasteiger partial charge in [-0.3, -0.25) is 9.20 Å². The Hall–Kier alpha value is -2.40. The van der Waals surface area contributed by atoms with Gasteiger partial charge >= 0.3 is 0 Å². The first kappa shape index (κ1) is 13.6. The molecule has 3 aromatic rings. The molecule has 1 aromatic carbocycles. The standard InChI is InChI=1S/C16H15N3OS/c1-18(2)14-7-4-12(5-8-14)3-6-13-11-15(20)19-9-10-21-16(19)17-13/h3-11H,1-2H3. The molecule has 0 aliphatic heterocycles. The monoisotopic (exact) mass is 297 g/mol. The molecule has 3 rings (SSSR count). The summed E-state index contributed by atoms with van der Waals surface area (Å²) >= 11 is 1.45. The molecule has 2 aromatic heterocycles. The van der Waals surface area contributed by atoms with Crippen LogP contribution in [0.4, 0.5) is 5.69 Å². The zero-order valence-corrected chi connectivity index (χ0v) is 12.7. The first-order valence-corrected chi connectivity index (χ1v) is 7.44. The van der Waals surface area contributed by atoms with Crippen molar-refractivity contribution in [2.24, 2.45) is 0 Å². The Labute approximate surface area is 126 Å². The number of hydrogen-bond donors (Lipinski definition) is 0. The number of nitrogens with zero attached hydrogens (tertiary/aromatic N) is 3. The Bertz CT molecular complexity index is 844. The van der Waals surface area contributed by atoms with Crippen LogP contribution in [-0.4, -0.2) is 23.5 Å². The van der Waals surface area contributed by atoms with E-state index in [4.69, 9.17) is 0 Å². The van der Waals surface area contributed by atoms with Crippen LogP contribution in [0.5, 0.6) is 0 Å². The maximum atomic E-state index is 11.9. The van der Waals surface area contributed by atoms with Gasteiger partial charge in [0, 0.05) is 37.4 Å². The van der Waals surface area contributed by atoms with Crippen LogP contribution >= 0.6 is 11.3 Å². The summed E-state index contributed by atoms with van der Waals surface area (Å²) < 4.78 is 1.55. The van der Waals surface area contributed by atoms with Gasteiger partial charge in [0.25, 0.3) is 5.56 Å². The topological polar surface area (TPSA) is 37.6 Å². The molecule has 4 nitrogen and oxygen atoms in total. The Balaban J connectivity index is 1.88. The highest BCUT2D eigenvalue weighted by Crippen LogP contribution is 2.14. The van der Waals surface area contributed by atoms with Crippen molar-refractivity contribution < 1.29 is 0 Å². The average molecular weight is 297 g/mol. The lowest BCUT2D eigenvalue weighted by molar-refractivity contribution is 1.07. The summed E-state index contributed by atoms with van der Waals surface area (Å²) in [5, 5.41) is 1.86. The molecule has 0 atom stereocenters. The molecule has 0 aliphatic carbocycles. The number of aromatic nitrogens is 2. The van der Waals surface area contributed by atoms with E-state index in [-0.39, 0.29) is 5.56 Å². The summed E-state index contributed by atoms with van der Waals surface area (Å²) in [5.74, 6) is 0. The van der Waals surface area contributed by atoms with Gasteiger partial charge in [0.15, 0.2) is 4.96 Å². The second-order valence-corrected chi connectivity index (χ2v) is 5.77. The van der Waals surface area contributed by atoms with Gasteiger partial charge in [-0.2, -0.15) is 0 Å². The minimum Gasteiger partial charge on any atom is -0.378 e. The summed E-state index contributed by atoms with van der Waals surface area (Å²) in [4.78, 5) is 19.1. The van der Waals surface area contributed by atoms with Gasteiger partial charge < -0.3 is 4.90 Å². The molecular formula is C16H15N3OS. The molecule has 0 radical (unpaired) electrons. The minimum absolute atomic E-state index is 0.0520. The van der Waals surface area contributed by atoms with E-state index in [0.29, 0.717) is 10.7 Å². The van der Waals surface area contributed by atoms with E-state index in [1.165, 1.54) is 11.3 Å². The second-order valence-electron chi connectivity index (χ2n) is 4.89. The first-order chi connectivity index (χ1) is 10.1. The molecule has 0 N–H and O–H groups in total. The number of anilines is 1. The van der Waals surface area contributed by atoms with Crippen LogP contribution in [0.15, 0.2) is 46.7 Å². The molecule has 0 aliphatic rings. The number of rotatable bonds is 3. The maximum Gasteiger partial charge on any atom is 0.259 e. The lowest BCUT2D eigenvalue weighted by Gasteiger charge is -2.11. The molecule has 2 heterocycles. The van der Waals surface area contributed by atoms with Crippen LogP contribution in [0.1, 0.15) is 11.3 Å². The molecule has 0 fully saturated rings. The molecule has 0 saturated heterocycles. The van der Waals surface area contributed by atoms with E-state index in [9.17, 15) is 4.79 Å². The molecule has 0 spiro atoms. The molecule has 0 amide bonds. The van der Waals surface area contributed by atoms with Crippen molar-refractivity contribution in [1.82, 2.24) is 9.38 Å². The van der Waals surface area contributed by atoms with Crippen LogP contribution in [-0.2, 0) is 0 Å². The van der Waals surface area contributed by atoms with Gasteiger partial charge in [-0.05, 0) is 23.8 Å². The van der Waals surface area contributed by atoms with Gasteiger partial charge in [0.05, 0.1) is 5.69 Å². The molecule has 0 saturated carbocycles. The highest BCUT2D eigenvalue weighted by atomic mass is 32.1. The maximum absolute atomic E-state index is 11.9. The Kier molecular flexibility index (Phi) is 3.58. The summed E-state index contributed by atoms with van der Waals surface area (Å²) in [6.07, 6.45) is 5.57. The molecule has 0 unspecified atom stereocenters. The fraction of sp³-hybridized carbons (Fsp3) is 0.125. The van der Waals surface area contributed by atoms with Gasteiger partial charge in [0.2, 0.25) is 0 Å². The van der Waals surface area contributed by atoms with Crippen molar-refractivity contribution >= 4 is 34.1 Å². The largest absolute Gasteiger partial charge is 0.378 e. The normalized spacial score (nSPS) is 11.3. The third-order valence-electron chi connectivity index (χ3n) is 3.18. The van der Waals surface area contributed by atoms with E-state index in [2.05, 4.69) is 22.0 Å². The van der Waals surface area contributed by atoms with Crippen molar-refractivity contribution in [2.45, 2.75) is 0 Å². The number of thiazole rings is 1. The molecular weight excluding hydrogens is 282 g/mol. The number of hydrogen-bond acceptors (Lipinski definition) is 4. The quantitative estimate of drug-likeness (QED) is 0.746. The Morgan fingerprint density at radius 3 is 2.67 bits per heavy atom.